The molecule has 22 heavy (non-hydrogen) atoms. The summed E-state index contributed by atoms with van der Waals surface area (Å²) < 4.78 is 0. The normalized spacial score (nSPS) is 19.5. The van der Waals surface area contributed by atoms with Crippen LogP contribution in [0, 0.1) is 5.92 Å². The van der Waals surface area contributed by atoms with Gasteiger partial charge in [-0.1, -0.05) is 13.0 Å². The molecule has 1 aromatic rings. The lowest BCUT2D eigenvalue weighted by atomic mass is 9.85. The Labute approximate surface area is 129 Å². The van der Waals surface area contributed by atoms with E-state index in [0.29, 0.717) is 37.8 Å². The van der Waals surface area contributed by atoms with E-state index in [-0.39, 0.29) is 17.7 Å². The number of nitrogens with one attached hydrogen (secondary N) is 2. The molecule has 1 aliphatic heterocycles. The minimum absolute atomic E-state index is 0.0649. The quantitative estimate of drug-likeness (QED) is 0.823. The van der Waals surface area contributed by atoms with Crippen LogP contribution in [0.25, 0.3) is 0 Å². The third kappa shape index (κ3) is 3.03. The molecule has 1 saturated heterocycles. The van der Waals surface area contributed by atoms with Gasteiger partial charge in [-0.05, 0) is 31.8 Å². The maximum Gasteiger partial charge on any atom is 0.248 e. The number of aromatic amines is 1. The number of piperidine rings is 1. The summed E-state index contributed by atoms with van der Waals surface area (Å²) in [6, 6.07) is 0. The zero-order chi connectivity index (χ0) is 15.5. The number of aromatic nitrogens is 3. The summed E-state index contributed by atoms with van der Waals surface area (Å²) in [5, 5.41) is 9.75. The third-order valence-corrected chi connectivity index (χ3v) is 4.58. The van der Waals surface area contributed by atoms with Gasteiger partial charge in [0.25, 0.3) is 0 Å². The second-order valence-corrected chi connectivity index (χ2v) is 5.97. The van der Waals surface area contributed by atoms with Gasteiger partial charge in [-0.15, -0.1) is 5.10 Å². The van der Waals surface area contributed by atoms with Gasteiger partial charge in [-0.3, -0.25) is 20.0 Å². The van der Waals surface area contributed by atoms with Crippen molar-refractivity contribution in [3.8, 4) is 0 Å². The van der Waals surface area contributed by atoms with Gasteiger partial charge >= 0.3 is 0 Å². The van der Waals surface area contributed by atoms with E-state index in [1.807, 2.05) is 0 Å². The van der Waals surface area contributed by atoms with Crippen molar-refractivity contribution < 1.29 is 9.59 Å². The lowest BCUT2D eigenvalue weighted by Gasteiger charge is -2.30. The summed E-state index contributed by atoms with van der Waals surface area (Å²) in [5.74, 6) is 1.46. The molecule has 7 nitrogen and oxygen atoms in total. The van der Waals surface area contributed by atoms with Crippen molar-refractivity contribution in [2.45, 2.75) is 38.0 Å². The summed E-state index contributed by atoms with van der Waals surface area (Å²) in [6.45, 7) is 4.66. The van der Waals surface area contributed by atoms with E-state index < -0.39 is 0 Å². The van der Waals surface area contributed by atoms with Crippen LogP contribution in [0.15, 0.2) is 12.7 Å². The molecular formula is C15H21N5O2. The second-order valence-electron chi connectivity index (χ2n) is 5.97. The predicted octanol–water partition coefficient (Wildman–Crippen LogP) is 1.44. The highest BCUT2D eigenvalue weighted by molar-refractivity contribution is 5.91. The van der Waals surface area contributed by atoms with Crippen molar-refractivity contribution in [1.29, 1.82) is 0 Å². The number of amides is 2. The van der Waals surface area contributed by atoms with Crippen LogP contribution in [-0.2, 0) is 9.59 Å². The highest BCUT2D eigenvalue weighted by Crippen LogP contribution is 2.34. The Morgan fingerprint density at radius 2 is 2.00 bits per heavy atom. The zero-order valence-electron chi connectivity index (χ0n) is 12.5. The molecule has 0 bridgehead atoms. The van der Waals surface area contributed by atoms with Gasteiger partial charge in [0.15, 0.2) is 0 Å². The molecule has 3 rings (SSSR count). The second kappa shape index (κ2) is 6.29. The van der Waals surface area contributed by atoms with Gasteiger partial charge in [0.05, 0.1) is 0 Å². The molecule has 2 fully saturated rings. The Balaban J connectivity index is 1.51. The SMILES string of the molecule is C=CC(=O)N1CCC(C(=O)Nc2n[nH]c(C3CCC3)n2)CC1. The monoisotopic (exact) mass is 303 g/mol. The first-order chi connectivity index (χ1) is 10.7. The lowest BCUT2D eigenvalue weighted by Crippen LogP contribution is -2.40. The standard InChI is InChI=1S/C15H21N5O2/c1-2-12(21)20-8-6-11(7-9-20)14(22)17-15-16-13(18-19-15)10-4-3-5-10/h2,10-11H,1,3-9H2,(H2,16,17,18,19,22). The molecule has 0 radical (unpaired) electrons. The Kier molecular flexibility index (Phi) is 4.22. The molecule has 7 heteroatoms. The van der Waals surface area contributed by atoms with E-state index in [2.05, 4.69) is 27.1 Å². The molecule has 0 spiro atoms. The first-order valence-corrected chi connectivity index (χ1v) is 7.82. The highest BCUT2D eigenvalue weighted by atomic mass is 16.2. The van der Waals surface area contributed by atoms with Crippen LogP contribution in [0.4, 0.5) is 5.95 Å². The minimum atomic E-state index is -0.0977. The number of hydrogen-bond donors (Lipinski definition) is 2. The van der Waals surface area contributed by atoms with Crippen LogP contribution in [0.2, 0.25) is 0 Å². The van der Waals surface area contributed by atoms with Crippen molar-refractivity contribution >= 4 is 17.8 Å². The zero-order valence-corrected chi connectivity index (χ0v) is 12.5. The Morgan fingerprint density at radius 3 is 2.59 bits per heavy atom. The number of carbonyl (C=O) groups excluding carboxylic acids is 2. The summed E-state index contributed by atoms with van der Waals surface area (Å²) >= 11 is 0. The molecule has 0 unspecified atom stereocenters. The number of H-pyrrole nitrogens is 1. The Bertz CT molecular complexity index is 570. The van der Waals surface area contributed by atoms with E-state index in [1.54, 1.807) is 4.90 Å². The van der Waals surface area contributed by atoms with Gasteiger partial charge in [0, 0.05) is 24.9 Å². The number of nitrogens with zero attached hydrogens (tertiary/aromatic N) is 3. The van der Waals surface area contributed by atoms with Crippen LogP contribution in [0.5, 0.6) is 0 Å². The average Bonchev–Trinajstić information content (AvgIpc) is 2.92. The average molecular weight is 303 g/mol. The number of carbonyl (C=O) groups is 2. The molecule has 1 aliphatic carbocycles. The largest absolute Gasteiger partial charge is 0.339 e. The molecule has 2 aliphatic rings. The smallest absolute Gasteiger partial charge is 0.248 e. The Morgan fingerprint density at radius 1 is 1.27 bits per heavy atom. The van der Waals surface area contributed by atoms with E-state index in [1.165, 1.54) is 12.5 Å². The first kappa shape index (κ1) is 14.7. The Hall–Kier alpha value is -2.18. The fourth-order valence-corrected chi connectivity index (χ4v) is 2.90. The molecule has 2 amide bonds. The molecule has 118 valence electrons. The maximum atomic E-state index is 12.2. The third-order valence-electron chi connectivity index (χ3n) is 4.58. The van der Waals surface area contributed by atoms with Gasteiger partial charge in [0.1, 0.15) is 5.82 Å². The molecule has 0 atom stereocenters. The maximum absolute atomic E-state index is 12.2. The van der Waals surface area contributed by atoms with Crippen molar-refractivity contribution in [3.05, 3.63) is 18.5 Å². The summed E-state index contributed by atoms with van der Waals surface area (Å²) in [5.41, 5.74) is 0. The summed E-state index contributed by atoms with van der Waals surface area (Å²) in [4.78, 5) is 29.8. The van der Waals surface area contributed by atoms with Gasteiger partial charge in [-0.2, -0.15) is 4.98 Å². The van der Waals surface area contributed by atoms with Gasteiger partial charge in [-0.25, -0.2) is 0 Å². The fraction of sp³-hybridized carbons (Fsp3) is 0.600. The van der Waals surface area contributed by atoms with Crippen LogP contribution in [-0.4, -0.2) is 45.0 Å². The summed E-state index contributed by atoms with van der Waals surface area (Å²) in [7, 11) is 0. The van der Waals surface area contributed by atoms with Crippen molar-refractivity contribution in [3.63, 3.8) is 0 Å². The molecule has 2 N–H and O–H groups in total. The van der Waals surface area contributed by atoms with E-state index >= 15 is 0 Å². The van der Waals surface area contributed by atoms with Crippen LogP contribution in [0.1, 0.15) is 43.8 Å². The molecule has 2 heterocycles. The topological polar surface area (TPSA) is 91.0 Å². The van der Waals surface area contributed by atoms with Crippen LogP contribution >= 0.6 is 0 Å². The molecule has 1 saturated carbocycles. The lowest BCUT2D eigenvalue weighted by molar-refractivity contribution is -0.130. The highest BCUT2D eigenvalue weighted by Gasteiger charge is 2.28. The number of anilines is 1. The van der Waals surface area contributed by atoms with E-state index in [0.717, 1.165) is 18.7 Å². The van der Waals surface area contributed by atoms with Crippen LogP contribution < -0.4 is 5.32 Å². The van der Waals surface area contributed by atoms with Crippen molar-refractivity contribution in [2.75, 3.05) is 18.4 Å². The van der Waals surface area contributed by atoms with Crippen LogP contribution in [0.3, 0.4) is 0 Å². The van der Waals surface area contributed by atoms with Crippen molar-refractivity contribution in [1.82, 2.24) is 20.1 Å². The fourth-order valence-electron chi connectivity index (χ4n) is 2.90. The van der Waals surface area contributed by atoms with Crippen molar-refractivity contribution in [2.24, 2.45) is 5.92 Å². The van der Waals surface area contributed by atoms with Gasteiger partial charge < -0.3 is 4.90 Å². The summed E-state index contributed by atoms with van der Waals surface area (Å²) in [6.07, 6.45) is 6.14. The molecule has 0 aromatic carbocycles. The minimum Gasteiger partial charge on any atom is -0.339 e. The number of likely N-dealkylation sites (tertiary alicyclic amines) is 1. The number of rotatable bonds is 4. The number of hydrogen-bond acceptors (Lipinski definition) is 4. The first-order valence-electron chi connectivity index (χ1n) is 7.82. The predicted molar refractivity (Wildman–Crippen MR) is 81.1 cm³/mol. The van der Waals surface area contributed by atoms with Gasteiger partial charge in [0.2, 0.25) is 17.8 Å². The molecule has 1 aromatic heterocycles. The molecular weight excluding hydrogens is 282 g/mol. The van der Waals surface area contributed by atoms with E-state index in [4.69, 9.17) is 0 Å². The van der Waals surface area contributed by atoms with E-state index in [9.17, 15) is 9.59 Å².